The molecule has 208 valence electrons. The highest BCUT2D eigenvalue weighted by atomic mass is 16.6. The lowest BCUT2D eigenvalue weighted by Gasteiger charge is -2.55. The zero-order valence-corrected chi connectivity index (χ0v) is 23.2. The van der Waals surface area contributed by atoms with E-state index in [4.69, 9.17) is 4.74 Å². The van der Waals surface area contributed by atoms with E-state index in [-0.39, 0.29) is 25.0 Å². The number of rotatable bonds is 13. The molecule has 6 heteroatoms. The number of carbonyl (C=O) groups is 1. The minimum absolute atomic E-state index is 0.0133. The lowest BCUT2D eigenvalue weighted by Crippen LogP contribution is -2.59. The van der Waals surface area contributed by atoms with Crippen molar-refractivity contribution in [2.75, 3.05) is 20.0 Å². The van der Waals surface area contributed by atoms with Gasteiger partial charge in [-0.15, -0.1) is 0 Å². The molecule has 6 nitrogen and oxygen atoms in total. The average molecular weight is 517 g/mol. The summed E-state index contributed by atoms with van der Waals surface area (Å²) in [6, 6.07) is 0. The lowest BCUT2D eigenvalue weighted by atomic mass is 9.52. The Kier molecular flexibility index (Phi) is 12.2. The first-order chi connectivity index (χ1) is 17.6. The van der Waals surface area contributed by atoms with Crippen LogP contribution >= 0.6 is 0 Å². The fraction of sp³-hybridized carbons (Fsp3) is 0.645. The van der Waals surface area contributed by atoms with Crippen LogP contribution in [0.25, 0.3) is 0 Å². The van der Waals surface area contributed by atoms with Gasteiger partial charge in [0.25, 0.3) is 0 Å². The van der Waals surface area contributed by atoms with Crippen molar-refractivity contribution in [1.82, 2.24) is 0 Å². The van der Waals surface area contributed by atoms with Gasteiger partial charge in [0.1, 0.15) is 13.1 Å². The van der Waals surface area contributed by atoms with Gasteiger partial charge < -0.3 is 25.2 Å². The van der Waals surface area contributed by atoms with Crippen LogP contribution in [0.1, 0.15) is 79.1 Å². The Hall–Kier alpha value is -1.83. The van der Waals surface area contributed by atoms with Crippen LogP contribution in [-0.4, -0.2) is 58.4 Å². The summed E-state index contributed by atoms with van der Waals surface area (Å²) < 4.78 is 5.36. The van der Waals surface area contributed by atoms with E-state index in [9.17, 15) is 25.2 Å². The summed E-state index contributed by atoms with van der Waals surface area (Å²) in [5.41, 5.74) is 2.79. The van der Waals surface area contributed by atoms with Gasteiger partial charge in [-0.2, -0.15) is 0 Å². The van der Waals surface area contributed by atoms with Crippen molar-refractivity contribution in [3.8, 4) is 0 Å². The van der Waals surface area contributed by atoms with Crippen LogP contribution in [0.5, 0.6) is 0 Å². The van der Waals surface area contributed by atoms with Gasteiger partial charge in [0.05, 0.1) is 18.3 Å². The third kappa shape index (κ3) is 7.39. The molecule has 5 atom stereocenters. The van der Waals surface area contributed by atoms with E-state index < -0.39 is 23.9 Å². The molecular weight excluding hydrogens is 468 g/mol. The van der Waals surface area contributed by atoms with E-state index >= 15 is 0 Å². The van der Waals surface area contributed by atoms with Crippen molar-refractivity contribution >= 4 is 6.29 Å². The van der Waals surface area contributed by atoms with Crippen molar-refractivity contribution in [1.29, 1.82) is 0 Å². The van der Waals surface area contributed by atoms with Crippen LogP contribution in [0.4, 0.5) is 0 Å². The van der Waals surface area contributed by atoms with Crippen LogP contribution < -0.4 is 0 Å². The number of ether oxygens (including phenoxy) is 1. The molecule has 4 N–H and O–H groups in total. The van der Waals surface area contributed by atoms with E-state index in [2.05, 4.69) is 26.5 Å². The molecule has 2 saturated carbocycles. The number of aldehydes is 1. The van der Waals surface area contributed by atoms with Crippen molar-refractivity contribution in [2.45, 2.75) is 90.8 Å². The van der Waals surface area contributed by atoms with E-state index in [0.29, 0.717) is 44.1 Å². The normalized spacial score (nSPS) is 31.7. The number of aliphatic hydroxyl groups is 4. The maximum Gasteiger partial charge on any atom is 0.145 e. The molecule has 0 aliphatic heterocycles. The standard InChI is InChI=1S/C31H48O6/c1-22(2)9-6-10-23(3)11-7-12-25(20-37-21-34)27-15-17-31(29(27)35)28(13-8-18-32)26(24(4)19-33)14-16-30(31,5)36/h7,9,11-12,19,27-29,32,34-36H,3,6,8,10,13-18,20-21H2,1-2,4-5H3. The highest BCUT2D eigenvalue weighted by Gasteiger charge is 2.63. The Balaban J connectivity index is 2.41. The van der Waals surface area contributed by atoms with Crippen molar-refractivity contribution in [3.63, 3.8) is 0 Å². The maximum absolute atomic E-state index is 11.9. The number of aliphatic hydroxyl groups excluding tert-OH is 3. The molecular formula is C31H48O6. The zero-order valence-electron chi connectivity index (χ0n) is 23.2. The Morgan fingerprint density at radius 3 is 2.57 bits per heavy atom. The lowest BCUT2D eigenvalue weighted by molar-refractivity contribution is -0.168. The summed E-state index contributed by atoms with van der Waals surface area (Å²) >= 11 is 0. The molecule has 0 bridgehead atoms. The predicted molar refractivity (Wildman–Crippen MR) is 148 cm³/mol. The molecule has 5 unspecified atom stereocenters. The smallest absolute Gasteiger partial charge is 0.145 e. The monoisotopic (exact) mass is 516 g/mol. The topological polar surface area (TPSA) is 107 Å². The van der Waals surface area contributed by atoms with E-state index in [1.54, 1.807) is 6.92 Å². The number of carbonyl (C=O) groups excluding carboxylic acids is 1. The minimum Gasteiger partial charge on any atom is -0.396 e. The van der Waals surface area contributed by atoms with Crippen LogP contribution in [-0.2, 0) is 9.53 Å². The molecule has 0 aromatic carbocycles. The van der Waals surface area contributed by atoms with Crippen molar-refractivity contribution in [3.05, 3.63) is 58.7 Å². The van der Waals surface area contributed by atoms with Gasteiger partial charge in [-0.1, -0.05) is 47.6 Å². The SMILES string of the molecule is C=C(C=CC=C(COCO)C1CCC2(C(CCCO)C(=C(C)C=O)CCC2(C)O)C1O)CCC=C(C)C. The first kappa shape index (κ1) is 31.4. The largest absolute Gasteiger partial charge is 0.396 e. The molecule has 0 heterocycles. The number of allylic oxidation sites excluding steroid dienone is 8. The van der Waals surface area contributed by atoms with Gasteiger partial charge in [-0.3, -0.25) is 4.79 Å². The molecule has 0 amide bonds. The van der Waals surface area contributed by atoms with E-state index in [1.807, 2.05) is 25.2 Å². The second-order valence-electron chi connectivity index (χ2n) is 11.2. The molecule has 2 aliphatic carbocycles. The summed E-state index contributed by atoms with van der Waals surface area (Å²) in [5.74, 6) is -0.479. The minimum atomic E-state index is -1.13. The molecule has 1 spiro atoms. The van der Waals surface area contributed by atoms with Gasteiger partial charge in [-0.05, 0) is 96.1 Å². The van der Waals surface area contributed by atoms with E-state index in [0.717, 1.165) is 35.8 Å². The summed E-state index contributed by atoms with van der Waals surface area (Å²) in [6.45, 7) is 11.6. The third-order valence-corrected chi connectivity index (χ3v) is 8.53. The van der Waals surface area contributed by atoms with Gasteiger partial charge >= 0.3 is 0 Å². The van der Waals surface area contributed by atoms with Crippen molar-refractivity contribution < 1.29 is 30.0 Å². The second kappa shape index (κ2) is 14.4. The molecule has 0 aromatic rings. The first-order valence-electron chi connectivity index (χ1n) is 13.6. The van der Waals surface area contributed by atoms with Crippen LogP contribution in [0.15, 0.2) is 58.7 Å². The van der Waals surface area contributed by atoms with Crippen molar-refractivity contribution in [2.24, 2.45) is 17.3 Å². The predicted octanol–water partition coefficient (Wildman–Crippen LogP) is 4.94. The highest BCUT2D eigenvalue weighted by molar-refractivity contribution is 5.74. The average Bonchev–Trinajstić information content (AvgIpc) is 3.19. The van der Waals surface area contributed by atoms with Gasteiger partial charge in [0, 0.05) is 17.9 Å². The second-order valence-corrected chi connectivity index (χ2v) is 11.2. The Labute approximate surface area is 223 Å². The summed E-state index contributed by atoms with van der Waals surface area (Å²) in [6.07, 6.45) is 13.2. The molecule has 2 aliphatic rings. The van der Waals surface area contributed by atoms with Gasteiger partial charge in [0.2, 0.25) is 0 Å². The summed E-state index contributed by atoms with van der Waals surface area (Å²) in [5, 5.41) is 42.6. The number of hydrogen-bond donors (Lipinski definition) is 4. The van der Waals surface area contributed by atoms with Crippen LogP contribution in [0.2, 0.25) is 0 Å². The molecule has 2 rings (SSSR count). The maximum atomic E-state index is 11.9. The Morgan fingerprint density at radius 2 is 1.95 bits per heavy atom. The summed E-state index contributed by atoms with van der Waals surface area (Å²) in [7, 11) is 0. The molecule has 0 radical (unpaired) electrons. The summed E-state index contributed by atoms with van der Waals surface area (Å²) in [4.78, 5) is 11.7. The molecule has 2 fully saturated rings. The quantitative estimate of drug-likeness (QED) is 0.0908. The van der Waals surface area contributed by atoms with E-state index in [1.165, 1.54) is 5.57 Å². The third-order valence-electron chi connectivity index (χ3n) is 8.53. The Morgan fingerprint density at radius 1 is 1.22 bits per heavy atom. The van der Waals surface area contributed by atoms with Crippen LogP contribution in [0, 0.1) is 17.3 Å². The number of hydrogen-bond acceptors (Lipinski definition) is 6. The van der Waals surface area contributed by atoms with Crippen LogP contribution in [0.3, 0.4) is 0 Å². The zero-order chi connectivity index (χ0) is 27.6. The Bertz CT molecular complexity index is 905. The fourth-order valence-electron chi connectivity index (χ4n) is 6.54. The van der Waals surface area contributed by atoms with Gasteiger partial charge in [-0.25, -0.2) is 0 Å². The van der Waals surface area contributed by atoms with Gasteiger partial charge in [0.15, 0.2) is 0 Å². The fourth-order valence-corrected chi connectivity index (χ4v) is 6.54. The molecule has 0 aromatic heterocycles. The first-order valence-corrected chi connectivity index (χ1v) is 13.6. The molecule has 37 heavy (non-hydrogen) atoms. The highest BCUT2D eigenvalue weighted by Crippen LogP contribution is 2.62. The molecule has 0 saturated heterocycles.